The highest BCUT2D eigenvalue weighted by Gasteiger charge is 2.25. The van der Waals surface area contributed by atoms with E-state index in [4.69, 9.17) is 9.15 Å². The Morgan fingerprint density at radius 2 is 2.04 bits per heavy atom. The summed E-state index contributed by atoms with van der Waals surface area (Å²) in [5.41, 5.74) is 0. The largest absolute Gasteiger partial charge is 0.486 e. The Hall–Kier alpha value is -2.34. The minimum Gasteiger partial charge on any atom is -0.486 e. The molecule has 6 heteroatoms. The van der Waals surface area contributed by atoms with E-state index < -0.39 is 0 Å². The maximum atomic E-state index is 12.8. The Kier molecular flexibility index (Phi) is 5.15. The van der Waals surface area contributed by atoms with Gasteiger partial charge >= 0.3 is 0 Å². The summed E-state index contributed by atoms with van der Waals surface area (Å²) in [7, 11) is 0. The molecular weight excluding hydrogens is 313 g/mol. The summed E-state index contributed by atoms with van der Waals surface area (Å²) in [5, 5.41) is 12.5. The number of nitrogens with one attached hydrogen (secondary N) is 1. The van der Waals surface area contributed by atoms with Gasteiger partial charge in [-0.15, -0.1) is 0 Å². The molecule has 1 fully saturated rings. The Labute approximate surface area is 139 Å². The molecule has 1 heterocycles. The molecule has 1 saturated carbocycles. The standard InChI is InChI=1S/C18H20FNO4/c19-13-4-6-14(7-5-13)23-11-15-8-9-17(24-15)18(22)20-10-12-2-1-3-16(12)21/h4-9,12,16,21H,1-3,10-11H2,(H,20,22). The summed E-state index contributed by atoms with van der Waals surface area (Å²) in [6.45, 7) is 0.600. The van der Waals surface area contributed by atoms with Crippen molar-refractivity contribution in [1.29, 1.82) is 0 Å². The van der Waals surface area contributed by atoms with Gasteiger partial charge in [0.25, 0.3) is 5.91 Å². The second kappa shape index (κ2) is 7.49. The fourth-order valence-electron chi connectivity index (χ4n) is 2.83. The zero-order chi connectivity index (χ0) is 16.9. The van der Waals surface area contributed by atoms with Gasteiger partial charge in [-0.3, -0.25) is 4.79 Å². The van der Waals surface area contributed by atoms with Gasteiger partial charge in [-0.25, -0.2) is 4.39 Å². The predicted molar refractivity (Wildman–Crippen MR) is 85.1 cm³/mol. The summed E-state index contributed by atoms with van der Waals surface area (Å²) in [4.78, 5) is 12.1. The molecule has 2 N–H and O–H groups in total. The zero-order valence-electron chi connectivity index (χ0n) is 13.2. The molecule has 0 saturated heterocycles. The number of carbonyl (C=O) groups is 1. The predicted octanol–water partition coefficient (Wildman–Crippen LogP) is 2.89. The number of benzene rings is 1. The monoisotopic (exact) mass is 333 g/mol. The van der Waals surface area contributed by atoms with E-state index in [1.165, 1.54) is 24.3 Å². The number of aliphatic hydroxyl groups excluding tert-OH is 1. The van der Waals surface area contributed by atoms with E-state index >= 15 is 0 Å². The Bertz CT molecular complexity index is 683. The van der Waals surface area contributed by atoms with Crippen LogP contribution in [0.5, 0.6) is 5.75 Å². The highest BCUT2D eigenvalue weighted by molar-refractivity contribution is 5.91. The van der Waals surface area contributed by atoms with Crippen LogP contribution in [0.15, 0.2) is 40.8 Å². The lowest BCUT2D eigenvalue weighted by atomic mass is 10.1. The Morgan fingerprint density at radius 3 is 2.75 bits per heavy atom. The third kappa shape index (κ3) is 4.14. The Morgan fingerprint density at radius 1 is 1.25 bits per heavy atom. The first-order valence-corrected chi connectivity index (χ1v) is 8.05. The first kappa shape index (κ1) is 16.5. The van der Waals surface area contributed by atoms with Crippen LogP contribution in [0.2, 0.25) is 0 Å². The minimum atomic E-state index is -0.332. The van der Waals surface area contributed by atoms with Crippen molar-refractivity contribution in [2.45, 2.75) is 32.0 Å². The van der Waals surface area contributed by atoms with Crippen molar-refractivity contribution in [3.63, 3.8) is 0 Å². The van der Waals surface area contributed by atoms with Crippen molar-refractivity contribution in [1.82, 2.24) is 5.32 Å². The minimum absolute atomic E-state index is 0.116. The molecule has 0 spiro atoms. The van der Waals surface area contributed by atoms with Gasteiger partial charge in [0.15, 0.2) is 5.76 Å². The van der Waals surface area contributed by atoms with Crippen LogP contribution < -0.4 is 10.1 Å². The second-order valence-electron chi connectivity index (χ2n) is 5.98. The lowest BCUT2D eigenvalue weighted by Crippen LogP contribution is -2.32. The summed E-state index contributed by atoms with van der Waals surface area (Å²) in [5.74, 6) is 0.721. The maximum Gasteiger partial charge on any atom is 0.287 e. The van der Waals surface area contributed by atoms with Gasteiger partial charge in [-0.05, 0) is 49.2 Å². The molecule has 0 radical (unpaired) electrons. The third-order valence-electron chi connectivity index (χ3n) is 4.22. The van der Waals surface area contributed by atoms with E-state index in [9.17, 15) is 14.3 Å². The summed E-state index contributed by atoms with van der Waals surface area (Å²) in [6, 6.07) is 8.94. The molecule has 128 valence electrons. The number of furan rings is 1. The van der Waals surface area contributed by atoms with Crippen LogP contribution in [0.25, 0.3) is 0 Å². The molecule has 24 heavy (non-hydrogen) atoms. The van der Waals surface area contributed by atoms with Gasteiger partial charge < -0.3 is 19.6 Å². The van der Waals surface area contributed by atoms with Crippen molar-refractivity contribution in [3.05, 3.63) is 53.7 Å². The first-order valence-electron chi connectivity index (χ1n) is 8.05. The van der Waals surface area contributed by atoms with Gasteiger partial charge in [0, 0.05) is 12.5 Å². The van der Waals surface area contributed by atoms with Gasteiger partial charge in [0.2, 0.25) is 0 Å². The fraction of sp³-hybridized carbons (Fsp3) is 0.389. The van der Waals surface area contributed by atoms with E-state index in [2.05, 4.69) is 5.32 Å². The van der Waals surface area contributed by atoms with Crippen molar-refractivity contribution in [2.24, 2.45) is 5.92 Å². The number of hydrogen-bond donors (Lipinski definition) is 2. The number of rotatable bonds is 6. The van der Waals surface area contributed by atoms with Gasteiger partial charge in [-0.2, -0.15) is 0 Å². The molecule has 0 bridgehead atoms. The highest BCUT2D eigenvalue weighted by Crippen LogP contribution is 2.24. The number of halogens is 1. The molecule has 1 amide bonds. The van der Waals surface area contributed by atoms with Crippen LogP contribution in [0, 0.1) is 11.7 Å². The van der Waals surface area contributed by atoms with E-state index in [1.54, 1.807) is 12.1 Å². The van der Waals surface area contributed by atoms with E-state index in [1.807, 2.05) is 0 Å². The van der Waals surface area contributed by atoms with Crippen LogP contribution in [0.1, 0.15) is 35.6 Å². The topological polar surface area (TPSA) is 71.7 Å². The molecule has 1 aliphatic carbocycles. The van der Waals surface area contributed by atoms with Crippen LogP contribution in [0.4, 0.5) is 4.39 Å². The van der Waals surface area contributed by atoms with Gasteiger partial charge in [0.05, 0.1) is 6.10 Å². The molecule has 2 unspecified atom stereocenters. The maximum absolute atomic E-state index is 12.8. The lowest BCUT2D eigenvalue weighted by molar-refractivity contribution is 0.0886. The van der Waals surface area contributed by atoms with E-state index in [-0.39, 0.29) is 36.1 Å². The molecule has 3 rings (SSSR count). The number of ether oxygens (including phenoxy) is 1. The normalized spacial score (nSPS) is 20.1. The van der Waals surface area contributed by atoms with Crippen LogP contribution in [-0.2, 0) is 6.61 Å². The van der Waals surface area contributed by atoms with Crippen molar-refractivity contribution in [2.75, 3.05) is 6.54 Å². The van der Waals surface area contributed by atoms with Crippen molar-refractivity contribution < 1.29 is 23.4 Å². The average Bonchev–Trinajstić information content (AvgIpc) is 3.21. The van der Waals surface area contributed by atoms with E-state index in [0.29, 0.717) is 18.1 Å². The molecule has 1 aromatic carbocycles. The second-order valence-corrected chi connectivity index (χ2v) is 5.98. The lowest BCUT2D eigenvalue weighted by Gasteiger charge is -2.14. The molecule has 1 aromatic heterocycles. The highest BCUT2D eigenvalue weighted by atomic mass is 19.1. The van der Waals surface area contributed by atoms with Crippen molar-refractivity contribution >= 4 is 5.91 Å². The summed E-state index contributed by atoms with van der Waals surface area (Å²) < 4.78 is 23.7. The molecule has 2 aromatic rings. The first-order chi connectivity index (χ1) is 11.6. The summed E-state index contributed by atoms with van der Waals surface area (Å²) >= 11 is 0. The molecular formula is C18H20FNO4. The number of amides is 1. The van der Waals surface area contributed by atoms with Crippen LogP contribution >= 0.6 is 0 Å². The Balaban J connectivity index is 1.49. The number of carbonyl (C=O) groups excluding carboxylic acids is 1. The summed E-state index contributed by atoms with van der Waals surface area (Å²) in [6.07, 6.45) is 2.39. The number of aliphatic hydroxyl groups is 1. The molecule has 0 aliphatic heterocycles. The fourth-order valence-corrected chi connectivity index (χ4v) is 2.83. The van der Waals surface area contributed by atoms with E-state index in [0.717, 1.165) is 19.3 Å². The smallest absolute Gasteiger partial charge is 0.287 e. The van der Waals surface area contributed by atoms with Crippen molar-refractivity contribution in [3.8, 4) is 5.75 Å². The van der Waals surface area contributed by atoms with Crippen LogP contribution in [-0.4, -0.2) is 23.7 Å². The molecule has 5 nitrogen and oxygen atoms in total. The quantitative estimate of drug-likeness (QED) is 0.853. The molecule has 1 aliphatic rings. The average molecular weight is 333 g/mol. The van der Waals surface area contributed by atoms with Gasteiger partial charge in [-0.1, -0.05) is 6.42 Å². The SMILES string of the molecule is O=C(NCC1CCCC1O)c1ccc(COc2ccc(F)cc2)o1. The van der Waals surface area contributed by atoms with Crippen LogP contribution in [0.3, 0.4) is 0 Å². The van der Waals surface area contributed by atoms with Gasteiger partial charge in [0.1, 0.15) is 23.9 Å². The zero-order valence-corrected chi connectivity index (χ0v) is 13.2. The number of hydrogen-bond acceptors (Lipinski definition) is 4. The molecule has 2 atom stereocenters. The third-order valence-corrected chi connectivity index (χ3v) is 4.22.